The van der Waals surface area contributed by atoms with Gasteiger partial charge in [-0.2, -0.15) is 4.31 Å². The van der Waals surface area contributed by atoms with Crippen molar-refractivity contribution in [1.82, 2.24) is 14.5 Å². The number of hydrogen-bond donors (Lipinski definition) is 1. The fourth-order valence-corrected chi connectivity index (χ4v) is 5.82. The van der Waals surface area contributed by atoms with Crippen LogP contribution in [0.4, 0.5) is 4.39 Å². The molecule has 1 N–H and O–H groups in total. The molecule has 2 fully saturated rings. The summed E-state index contributed by atoms with van der Waals surface area (Å²) in [5, 5.41) is 2.85. The van der Waals surface area contributed by atoms with Gasteiger partial charge >= 0.3 is 0 Å². The Bertz CT molecular complexity index is 1210. The minimum absolute atomic E-state index is 0.0410. The SMILES string of the molecule is CC(C(=O)NCC1CCCO1)N(Cc1ccc(F)cc1)C(=O)COc1ccc(S(=O)(=O)N2CCOCC2)cc1. The average Bonchev–Trinajstić information content (AvgIpc) is 3.48. The lowest BCUT2D eigenvalue weighted by Gasteiger charge is -2.29. The van der Waals surface area contributed by atoms with E-state index in [0.29, 0.717) is 50.8 Å². The third-order valence-electron chi connectivity index (χ3n) is 6.76. The van der Waals surface area contributed by atoms with Crippen LogP contribution in [0.5, 0.6) is 5.75 Å². The van der Waals surface area contributed by atoms with Gasteiger partial charge in [0.05, 0.1) is 24.2 Å². The second-order valence-electron chi connectivity index (χ2n) is 9.48. The Morgan fingerprint density at radius 2 is 1.79 bits per heavy atom. The Kier molecular flexibility index (Phi) is 9.89. The lowest BCUT2D eigenvalue weighted by molar-refractivity contribution is -0.142. The van der Waals surface area contributed by atoms with Crippen molar-refractivity contribution in [3.63, 3.8) is 0 Å². The molecule has 0 saturated carbocycles. The molecular formula is C27H34FN3O7S. The zero-order valence-electron chi connectivity index (χ0n) is 21.9. The lowest BCUT2D eigenvalue weighted by Crippen LogP contribution is -2.50. The van der Waals surface area contributed by atoms with Crippen molar-refractivity contribution in [2.45, 2.75) is 43.4 Å². The minimum atomic E-state index is -3.65. The number of carbonyl (C=O) groups is 2. The Morgan fingerprint density at radius 3 is 2.44 bits per heavy atom. The molecule has 0 bridgehead atoms. The smallest absolute Gasteiger partial charge is 0.261 e. The Morgan fingerprint density at radius 1 is 1.10 bits per heavy atom. The highest BCUT2D eigenvalue weighted by Gasteiger charge is 2.28. The molecule has 10 nitrogen and oxygen atoms in total. The van der Waals surface area contributed by atoms with Crippen LogP contribution in [0.3, 0.4) is 0 Å². The zero-order valence-corrected chi connectivity index (χ0v) is 22.7. The van der Waals surface area contributed by atoms with Crippen LogP contribution in [0.2, 0.25) is 0 Å². The van der Waals surface area contributed by atoms with Crippen molar-refractivity contribution in [1.29, 1.82) is 0 Å². The summed E-state index contributed by atoms with van der Waals surface area (Å²) in [6, 6.07) is 10.7. The molecule has 4 rings (SSSR count). The molecule has 0 aromatic heterocycles. The number of nitrogens with one attached hydrogen (secondary N) is 1. The van der Waals surface area contributed by atoms with Gasteiger partial charge in [0, 0.05) is 32.8 Å². The van der Waals surface area contributed by atoms with Gasteiger partial charge in [0.25, 0.3) is 5.91 Å². The van der Waals surface area contributed by atoms with Gasteiger partial charge in [-0.15, -0.1) is 0 Å². The number of amides is 2. The number of halogens is 1. The molecule has 2 amide bonds. The van der Waals surface area contributed by atoms with Crippen molar-refractivity contribution in [2.24, 2.45) is 0 Å². The Balaban J connectivity index is 1.40. The van der Waals surface area contributed by atoms with E-state index in [4.69, 9.17) is 14.2 Å². The first kappa shape index (κ1) is 28.9. The minimum Gasteiger partial charge on any atom is -0.484 e. The zero-order chi connectivity index (χ0) is 27.8. The molecule has 212 valence electrons. The summed E-state index contributed by atoms with van der Waals surface area (Å²) in [5.74, 6) is -0.884. The number of nitrogens with zero attached hydrogens (tertiary/aromatic N) is 2. The van der Waals surface area contributed by atoms with E-state index in [2.05, 4.69) is 5.32 Å². The number of carbonyl (C=O) groups excluding carboxylic acids is 2. The number of hydrogen-bond acceptors (Lipinski definition) is 7. The highest BCUT2D eigenvalue weighted by molar-refractivity contribution is 7.89. The molecular weight excluding hydrogens is 529 g/mol. The van der Waals surface area contributed by atoms with E-state index in [1.54, 1.807) is 19.1 Å². The predicted molar refractivity (Wildman–Crippen MR) is 140 cm³/mol. The van der Waals surface area contributed by atoms with Crippen molar-refractivity contribution < 1.29 is 36.6 Å². The van der Waals surface area contributed by atoms with E-state index in [0.717, 1.165) is 12.8 Å². The van der Waals surface area contributed by atoms with Crippen LogP contribution in [-0.4, -0.2) is 87.6 Å². The maximum atomic E-state index is 13.4. The second-order valence-corrected chi connectivity index (χ2v) is 11.4. The maximum Gasteiger partial charge on any atom is 0.261 e. The fraction of sp³-hybridized carbons (Fsp3) is 0.481. The van der Waals surface area contributed by atoms with E-state index in [9.17, 15) is 22.4 Å². The lowest BCUT2D eigenvalue weighted by atomic mass is 10.1. The molecule has 2 saturated heterocycles. The first-order valence-corrected chi connectivity index (χ1v) is 14.4. The van der Waals surface area contributed by atoms with E-state index in [-0.39, 0.29) is 30.1 Å². The van der Waals surface area contributed by atoms with Gasteiger partial charge in [-0.3, -0.25) is 9.59 Å². The maximum absolute atomic E-state index is 13.4. The highest BCUT2D eigenvalue weighted by atomic mass is 32.2. The number of sulfonamides is 1. The third kappa shape index (κ3) is 7.75. The van der Waals surface area contributed by atoms with E-state index in [1.165, 1.54) is 45.6 Å². The van der Waals surface area contributed by atoms with Gasteiger partial charge in [0.1, 0.15) is 17.6 Å². The van der Waals surface area contributed by atoms with E-state index < -0.39 is 27.8 Å². The summed E-state index contributed by atoms with van der Waals surface area (Å²) < 4.78 is 56.9. The van der Waals surface area contributed by atoms with Crippen LogP contribution < -0.4 is 10.1 Å². The van der Waals surface area contributed by atoms with Gasteiger partial charge in [-0.05, 0) is 61.7 Å². The molecule has 2 aliphatic heterocycles. The average molecular weight is 564 g/mol. The van der Waals surface area contributed by atoms with Crippen LogP contribution in [0.15, 0.2) is 53.4 Å². The van der Waals surface area contributed by atoms with E-state index >= 15 is 0 Å². The highest BCUT2D eigenvalue weighted by Crippen LogP contribution is 2.21. The standard InChI is InChI=1S/C27H34FN3O7S/c1-20(27(33)29-17-24-3-2-14-37-24)31(18-21-4-6-22(28)7-5-21)26(32)19-38-23-8-10-25(11-9-23)39(34,35)30-12-15-36-16-13-30/h4-11,20,24H,2-3,12-19H2,1H3,(H,29,33). The van der Waals surface area contributed by atoms with Crippen molar-refractivity contribution in [2.75, 3.05) is 46.1 Å². The van der Waals surface area contributed by atoms with Crippen LogP contribution in [0.1, 0.15) is 25.3 Å². The van der Waals surface area contributed by atoms with Crippen molar-refractivity contribution >= 4 is 21.8 Å². The van der Waals surface area contributed by atoms with Gasteiger partial charge in [0.15, 0.2) is 6.61 Å². The van der Waals surface area contributed by atoms with E-state index in [1.807, 2.05) is 0 Å². The first-order valence-electron chi connectivity index (χ1n) is 13.0. The molecule has 0 radical (unpaired) electrons. The first-order chi connectivity index (χ1) is 18.7. The van der Waals surface area contributed by atoms with Gasteiger partial charge in [-0.25, -0.2) is 12.8 Å². The number of benzene rings is 2. The van der Waals surface area contributed by atoms with Gasteiger partial charge in [0.2, 0.25) is 15.9 Å². The molecule has 39 heavy (non-hydrogen) atoms. The summed E-state index contributed by atoms with van der Waals surface area (Å²) in [7, 11) is -3.65. The number of ether oxygens (including phenoxy) is 3. The van der Waals surface area contributed by atoms with Crippen LogP contribution in [0, 0.1) is 5.82 Å². The molecule has 2 aromatic carbocycles. The largest absolute Gasteiger partial charge is 0.484 e. The molecule has 2 aliphatic rings. The fourth-order valence-electron chi connectivity index (χ4n) is 4.41. The van der Waals surface area contributed by atoms with Crippen molar-refractivity contribution in [3.8, 4) is 5.75 Å². The predicted octanol–water partition coefficient (Wildman–Crippen LogP) is 1.94. The molecule has 2 atom stereocenters. The molecule has 2 heterocycles. The quantitative estimate of drug-likeness (QED) is 0.445. The number of rotatable bonds is 11. The summed E-state index contributed by atoms with van der Waals surface area (Å²) in [4.78, 5) is 27.6. The molecule has 2 unspecified atom stereocenters. The second kappa shape index (κ2) is 13.3. The molecule has 0 spiro atoms. The van der Waals surface area contributed by atoms with Gasteiger partial charge in [-0.1, -0.05) is 12.1 Å². The summed E-state index contributed by atoms with van der Waals surface area (Å²) in [6.45, 7) is 3.63. The molecule has 2 aromatic rings. The normalized spacial score (nSPS) is 18.9. The van der Waals surface area contributed by atoms with Crippen LogP contribution in [0.25, 0.3) is 0 Å². The van der Waals surface area contributed by atoms with Crippen LogP contribution in [-0.2, 0) is 35.6 Å². The van der Waals surface area contributed by atoms with Crippen molar-refractivity contribution in [3.05, 3.63) is 59.9 Å². The van der Waals surface area contributed by atoms with Crippen LogP contribution >= 0.6 is 0 Å². The Hall–Kier alpha value is -3.06. The summed E-state index contributed by atoms with van der Waals surface area (Å²) in [5.41, 5.74) is 0.654. The van der Waals surface area contributed by atoms with Gasteiger partial charge < -0.3 is 24.4 Å². The number of morpholine rings is 1. The summed E-state index contributed by atoms with van der Waals surface area (Å²) in [6.07, 6.45) is 1.77. The monoisotopic (exact) mass is 563 g/mol. The Labute approximate surface area is 228 Å². The third-order valence-corrected chi connectivity index (χ3v) is 8.67. The molecule has 12 heteroatoms. The topological polar surface area (TPSA) is 114 Å². The molecule has 0 aliphatic carbocycles. The summed E-state index contributed by atoms with van der Waals surface area (Å²) >= 11 is 0.